The molecule has 0 saturated carbocycles. The fourth-order valence-corrected chi connectivity index (χ4v) is 3.62. The van der Waals surface area contributed by atoms with Crippen LogP contribution in [0.3, 0.4) is 0 Å². The van der Waals surface area contributed by atoms with Crippen LogP contribution in [0.5, 0.6) is 0 Å². The minimum absolute atomic E-state index is 0.0626. The molecule has 7 nitrogen and oxygen atoms in total. The fourth-order valence-electron chi connectivity index (χ4n) is 3.52. The third-order valence-corrected chi connectivity index (χ3v) is 4.94. The highest BCUT2D eigenvalue weighted by molar-refractivity contribution is 6.18. The summed E-state index contributed by atoms with van der Waals surface area (Å²) in [6.45, 7) is 1.19. The molecule has 3 heterocycles. The molecule has 3 aromatic rings. The van der Waals surface area contributed by atoms with E-state index in [1.165, 1.54) is 6.07 Å². The van der Waals surface area contributed by atoms with Crippen molar-refractivity contribution < 1.29 is 9.18 Å². The maximum atomic E-state index is 13.7. The molecule has 0 unspecified atom stereocenters. The number of aromatic nitrogens is 3. The first kappa shape index (κ1) is 18.5. The van der Waals surface area contributed by atoms with E-state index in [9.17, 15) is 9.18 Å². The van der Waals surface area contributed by atoms with Crippen LogP contribution in [0.4, 0.5) is 20.8 Å². The van der Waals surface area contributed by atoms with Gasteiger partial charge in [-0.05, 0) is 42.7 Å². The summed E-state index contributed by atoms with van der Waals surface area (Å²) in [4.78, 5) is 18.4. The molecule has 9 heteroatoms. The van der Waals surface area contributed by atoms with E-state index in [2.05, 4.69) is 25.6 Å². The normalized spacial score (nSPS) is 16.5. The molecule has 2 N–H and O–H groups in total. The number of carbonyl (C=O) groups is 1. The van der Waals surface area contributed by atoms with Crippen LogP contribution in [0.2, 0.25) is 0 Å². The van der Waals surface area contributed by atoms with Gasteiger partial charge >= 0.3 is 6.03 Å². The largest absolute Gasteiger partial charge is 0.348 e. The molecule has 1 atom stereocenters. The Hall–Kier alpha value is -2.87. The number of hydrogen-bond donors (Lipinski definition) is 2. The first-order valence-corrected chi connectivity index (χ1v) is 9.67. The third kappa shape index (κ3) is 3.73. The number of carbonyl (C=O) groups excluding carboxylic acids is 1. The second kappa shape index (κ2) is 8.02. The number of urea groups is 1. The number of hydrogen-bond acceptors (Lipinski definition) is 4. The Labute approximate surface area is 166 Å². The Bertz CT molecular complexity index is 993. The number of nitrogens with zero attached hydrogens (tertiary/aromatic N) is 4. The summed E-state index contributed by atoms with van der Waals surface area (Å²) in [5.74, 6) is 1.31. The van der Waals surface area contributed by atoms with Crippen molar-refractivity contribution in [3.05, 3.63) is 54.0 Å². The monoisotopic (exact) mass is 402 g/mol. The topological polar surface area (TPSA) is 74.6 Å². The fraction of sp³-hybridized carbons (Fsp3) is 0.316. The van der Waals surface area contributed by atoms with Crippen molar-refractivity contribution in [3.8, 4) is 0 Å². The molecule has 0 spiro atoms. The van der Waals surface area contributed by atoms with Gasteiger partial charge in [-0.25, -0.2) is 14.2 Å². The van der Waals surface area contributed by atoms with Gasteiger partial charge in [0.2, 0.25) is 0 Å². The molecule has 1 aliphatic heterocycles. The molecular formula is C19H20ClFN6O. The van der Waals surface area contributed by atoms with Crippen molar-refractivity contribution in [2.45, 2.75) is 18.9 Å². The summed E-state index contributed by atoms with van der Waals surface area (Å²) in [7, 11) is 0. The van der Waals surface area contributed by atoms with E-state index in [0.717, 1.165) is 30.8 Å². The van der Waals surface area contributed by atoms with Gasteiger partial charge in [-0.3, -0.25) is 5.32 Å². The molecule has 0 radical (unpaired) electrons. The van der Waals surface area contributed by atoms with Crippen molar-refractivity contribution in [2.24, 2.45) is 0 Å². The summed E-state index contributed by atoms with van der Waals surface area (Å²) < 4.78 is 15.3. The maximum Gasteiger partial charge on any atom is 0.320 e. The molecule has 1 aromatic carbocycles. The van der Waals surface area contributed by atoms with E-state index < -0.39 is 0 Å². The van der Waals surface area contributed by atoms with Crippen LogP contribution in [-0.2, 0) is 0 Å². The van der Waals surface area contributed by atoms with Crippen molar-refractivity contribution >= 4 is 34.9 Å². The lowest BCUT2D eigenvalue weighted by Crippen LogP contribution is -2.30. The average molecular weight is 403 g/mol. The quantitative estimate of drug-likeness (QED) is 0.640. The Morgan fingerprint density at radius 3 is 3.04 bits per heavy atom. The maximum absolute atomic E-state index is 13.7. The van der Waals surface area contributed by atoms with E-state index in [4.69, 9.17) is 11.6 Å². The van der Waals surface area contributed by atoms with Crippen molar-refractivity contribution in [1.29, 1.82) is 0 Å². The van der Waals surface area contributed by atoms with Crippen LogP contribution in [0.25, 0.3) is 5.65 Å². The molecular weight excluding hydrogens is 383 g/mol. The molecule has 2 aromatic heterocycles. The minimum atomic E-state index is -0.367. The second-order valence-electron chi connectivity index (χ2n) is 6.58. The van der Waals surface area contributed by atoms with Crippen LogP contribution >= 0.6 is 11.6 Å². The molecule has 0 bridgehead atoms. The Morgan fingerprint density at radius 1 is 1.32 bits per heavy atom. The van der Waals surface area contributed by atoms with E-state index >= 15 is 0 Å². The van der Waals surface area contributed by atoms with Gasteiger partial charge in [0.1, 0.15) is 11.6 Å². The first-order chi connectivity index (χ1) is 13.7. The first-order valence-electron chi connectivity index (χ1n) is 9.13. The van der Waals surface area contributed by atoms with Gasteiger partial charge < -0.3 is 10.2 Å². The van der Waals surface area contributed by atoms with E-state index in [1.54, 1.807) is 22.8 Å². The molecule has 2 amide bonds. The highest BCUT2D eigenvalue weighted by Crippen LogP contribution is 2.35. The van der Waals surface area contributed by atoms with E-state index in [1.807, 2.05) is 18.2 Å². The Morgan fingerprint density at radius 2 is 2.21 bits per heavy atom. The Kier molecular flexibility index (Phi) is 5.29. The average Bonchev–Trinajstić information content (AvgIpc) is 3.33. The summed E-state index contributed by atoms with van der Waals surface area (Å²) in [6.07, 6.45) is 3.48. The zero-order valence-corrected chi connectivity index (χ0v) is 15.9. The highest BCUT2D eigenvalue weighted by atomic mass is 35.5. The number of imidazole rings is 1. The summed E-state index contributed by atoms with van der Waals surface area (Å²) in [6, 6.07) is 10.1. The number of amides is 2. The predicted octanol–water partition coefficient (Wildman–Crippen LogP) is 3.57. The van der Waals surface area contributed by atoms with Gasteiger partial charge in [-0.1, -0.05) is 12.1 Å². The number of nitrogens with one attached hydrogen (secondary N) is 2. The lowest BCUT2D eigenvalue weighted by atomic mass is 10.0. The molecule has 1 aliphatic rings. The van der Waals surface area contributed by atoms with E-state index in [0.29, 0.717) is 23.9 Å². The molecule has 28 heavy (non-hydrogen) atoms. The van der Waals surface area contributed by atoms with Gasteiger partial charge in [-0.2, -0.15) is 4.52 Å². The van der Waals surface area contributed by atoms with Crippen LogP contribution in [0.1, 0.15) is 24.4 Å². The standard InChI is InChI=1S/C19H20ClFN6O/c20-8-9-22-19(28)24-18-12-23-16-6-7-17(25-27(16)18)26-10-2-5-15(26)13-3-1-4-14(21)11-13/h1,3-4,6-7,11-12,15H,2,5,8-10H2,(H2,22,24,28)/t15-/m1/s1. The zero-order chi connectivity index (χ0) is 19.5. The summed E-state index contributed by atoms with van der Waals surface area (Å²) in [5.41, 5.74) is 1.56. The third-order valence-electron chi connectivity index (χ3n) is 4.75. The van der Waals surface area contributed by atoms with Gasteiger partial charge in [0.05, 0.1) is 12.2 Å². The van der Waals surface area contributed by atoms with Crippen LogP contribution in [0, 0.1) is 5.82 Å². The van der Waals surface area contributed by atoms with Crippen LogP contribution in [-0.4, -0.2) is 39.6 Å². The van der Waals surface area contributed by atoms with Gasteiger partial charge in [0.15, 0.2) is 11.5 Å². The number of alkyl halides is 1. The molecule has 1 fully saturated rings. The lowest BCUT2D eigenvalue weighted by molar-refractivity contribution is 0.252. The summed E-state index contributed by atoms with van der Waals surface area (Å²) in [5, 5.41) is 10.0. The van der Waals surface area contributed by atoms with Gasteiger partial charge in [-0.15, -0.1) is 16.7 Å². The number of fused-ring (bicyclic) bond motifs is 1. The van der Waals surface area contributed by atoms with Gasteiger partial charge in [0, 0.05) is 19.0 Å². The summed E-state index contributed by atoms with van der Waals surface area (Å²) >= 11 is 5.59. The minimum Gasteiger partial charge on any atom is -0.348 e. The molecule has 0 aliphatic carbocycles. The van der Waals surface area contributed by atoms with Crippen molar-refractivity contribution in [3.63, 3.8) is 0 Å². The van der Waals surface area contributed by atoms with Crippen molar-refractivity contribution in [1.82, 2.24) is 19.9 Å². The zero-order valence-electron chi connectivity index (χ0n) is 15.1. The number of halogens is 2. The Balaban J connectivity index is 1.61. The second-order valence-corrected chi connectivity index (χ2v) is 6.96. The molecule has 4 rings (SSSR count). The predicted molar refractivity (Wildman–Crippen MR) is 106 cm³/mol. The highest BCUT2D eigenvalue weighted by Gasteiger charge is 2.28. The number of anilines is 2. The smallest absolute Gasteiger partial charge is 0.320 e. The molecule has 1 saturated heterocycles. The lowest BCUT2D eigenvalue weighted by Gasteiger charge is -2.26. The molecule has 146 valence electrons. The number of rotatable bonds is 5. The van der Waals surface area contributed by atoms with Gasteiger partial charge in [0.25, 0.3) is 0 Å². The SMILES string of the molecule is O=C(NCCCl)Nc1cnc2ccc(N3CCC[C@@H]3c3cccc(F)c3)nn12. The number of benzene rings is 1. The van der Waals surface area contributed by atoms with Crippen LogP contribution < -0.4 is 15.5 Å². The van der Waals surface area contributed by atoms with Crippen LogP contribution in [0.15, 0.2) is 42.6 Å². The van der Waals surface area contributed by atoms with Crippen molar-refractivity contribution in [2.75, 3.05) is 29.2 Å². The van der Waals surface area contributed by atoms with E-state index in [-0.39, 0.29) is 17.9 Å².